The van der Waals surface area contributed by atoms with E-state index in [1.54, 1.807) is 4.90 Å². The molecule has 2 aromatic carbocycles. The number of hydrazone groups is 1. The normalized spacial score (nSPS) is 16.7. The maximum absolute atomic E-state index is 13.7. The first-order valence-electron chi connectivity index (χ1n) is 13.9. The van der Waals surface area contributed by atoms with Crippen LogP contribution in [0.2, 0.25) is 0 Å². The van der Waals surface area contributed by atoms with Crippen LogP contribution in [0.4, 0.5) is 31.5 Å². The molecule has 0 saturated carbocycles. The van der Waals surface area contributed by atoms with Crippen LogP contribution in [-0.4, -0.2) is 85.9 Å². The molecule has 49 heavy (non-hydrogen) atoms. The summed E-state index contributed by atoms with van der Waals surface area (Å²) in [5.41, 5.74) is 7.25. The number of benzene rings is 2. The lowest BCUT2D eigenvalue weighted by molar-refractivity contribution is -0.275. The Hall–Kier alpha value is -4.67. The predicted octanol–water partition coefficient (Wildman–Crippen LogP) is 2.60. The average molecular weight is 740 g/mol. The number of aromatic nitrogens is 1. The minimum absolute atomic E-state index is 0.00167. The summed E-state index contributed by atoms with van der Waals surface area (Å²) in [5, 5.41) is 16.1. The fourth-order valence-electron chi connectivity index (χ4n) is 4.68. The van der Waals surface area contributed by atoms with E-state index in [0.717, 1.165) is 52.0 Å². The van der Waals surface area contributed by atoms with Gasteiger partial charge in [0.25, 0.3) is 0 Å². The van der Waals surface area contributed by atoms with E-state index >= 15 is 0 Å². The van der Waals surface area contributed by atoms with E-state index < -0.39 is 57.1 Å². The van der Waals surface area contributed by atoms with Crippen molar-refractivity contribution in [3.63, 3.8) is 0 Å². The lowest BCUT2D eigenvalue weighted by Gasteiger charge is -2.39. The van der Waals surface area contributed by atoms with Gasteiger partial charge >= 0.3 is 18.7 Å². The zero-order valence-corrected chi connectivity index (χ0v) is 26.7. The lowest BCUT2D eigenvalue weighted by atomic mass is 10.1. The Morgan fingerprint density at radius 1 is 1.00 bits per heavy atom. The zero-order chi connectivity index (χ0) is 36.1. The number of amides is 1. The Bertz CT molecular complexity index is 1780. The third-order valence-corrected chi connectivity index (χ3v) is 9.77. The Morgan fingerprint density at radius 2 is 1.57 bits per heavy atom. The summed E-state index contributed by atoms with van der Waals surface area (Å²) in [6, 6.07) is 6.60. The molecular weight excluding hydrogens is 712 g/mol. The molecule has 1 fully saturated rings. The van der Waals surface area contributed by atoms with E-state index in [2.05, 4.69) is 36.0 Å². The largest absolute Gasteiger partial charge is 0.573 e. The number of nitrogens with one attached hydrogen (secondary N) is 2. The number of anilines is 1. The maximum Gasteiger partial charge on any atom is 0.573 e. The number of hydrogen-bond donors (Lipinski definition) is 4. The van der Waals surface area contributed by atoms with Gasteiger partial charge in [0.15, 0.2) is 10.8 Å². The van der Waals surface area contributed by atoms with E-state index in [0.29, 0.717) is 10.4 Å². The molecule has 266 valence electrons. The number of sulfonamides is 1. The van der Waals surface area contributed by atoms with Crippen LogP contribution in [0.3, 0.4) is 0 Å². The molecule has 0 radical (unpaired) electrons. The number of carbonyl (C=O) groups is 2. The number of hydrogen-bond acceptors (Lipinski definition) is 12. The van der Waals surface area contributed by atoms with E-state index in [9.17, 15) is 49.5 Å². The molecule has 1 amide bonds. The predicted molar refractivity (Wildman–Crippen MR) is 161 cm³/mol. The quantitative estimate of drug-likeness (QED) is 0.236. The Balaban J connectivity index is 0.00000265. The van der Waals surface area contributed by atoms with E-state index in [1.165, 1.54) is 19.2 Å². The van der Waals surface area contributed by atoms with Gasteiger partial charge in [0, 0.05) is 26.2 Å². The van der Waals surface area contributed by atoms with Crippen molar-refractivity contribution in [2.45, 2.75) is 36.8 Å². The van der Waals surface area contributed by atoms with Gasteiger partial charge < -0.3 is 36.0 Å². The molecule has 3 heterocycles. The molecule has 0 aliphatic carbocycles. The summed E-state index contributed by atoms with van der Waals surface area (Å²) in [6.07, 6.45) is -9.91. The van der Waals surface area contributed by atoms with E-state index in [-0.39, 0.29) is 49.3 Å². The van der Waals surface area contributed by atoms with Crippen molar-refractivity contribution in [2.75, 3.05) is 31.6 Å². The van der Waals surface area contributed by atoms with Crippen molar-refractivity contribution in [2.24, 2.45) is 10.8 Å². The van der Waals surface area contributed by atoms with E-state index in [4.69, 9.17) is 0 Å². The summed E-state index contributed by atoms with van der Waals surface area (Å²) < 4.78 is 111. The molecule has 5 rings (SSSR count). The number of ether oxygens (including phenoxy) is 2. The number of carbonyl (C=O) groups excluding carboxylic acids is 1. The molecule has 3 aromatic rings. The number of carboxylic acids is 1. The lowest BCUT2D eigenvalue weighted by Crippen LogP contribution is -2.60. The van der Waals surface area contributed by atoms with Crippen LogP contribution in [0, 0.1) is 0 Å². The number of piperazine rings is 1. The summed E-state index contributed by atoms with van der Waals surface area (Å²) in [4.78, 5) is 31.3. The topological polar surface area (TPSA) is 189 Å². The van der Waals surface area contributed by atoms with Crippen molar-refractivity contribution in [1.29, 1.82) is 0 Å². The SMILES string of the molecule is CN.O=C(O)C1=NNCc2sc(N3CCN(S(=O)(=O)c4ccc(OC(F)(F)F)cc4)[C@@H](C(=O)NCc4ccc(OC(F)(F)F)cc4)C3)nc21. The number of thiazole rings is 1. The van der Waals surface area contributed by atoms with Crippen LogP contribution in [0.1, 0.15) is 16.1 Å². The molecule has 0 spiro atoms. The van der Waals surface area contributed by atoms with Crippen LogP contribution in [0.15, 0.2) is 58.5 Å². The van der Waals surface area contributed by atoms with Gasteiger partial charge in [-0.05, 0) is 49.0 Å². The minimum atomic E-state index is -5.01. The molecular formula is C27H27F6N7O7S2. The summed E-state index contributed by atoms with van der Waals surface area (Å²) in [6.45, 7) is -0.582. The number of fused-ring (bicyclic) bond motifs is 1. The molecule has 2 aliphatic rings. The van der Waals surface area contributed by atoms with Gasteiger partial charge in [0.1, 0.15) is 23.2 Å². The third-order valence-electron chi connectivity index (χ3n) is 6.74. The Morgan fingerprint density at radius 3 is 2.12 bits per heavy atom. The summed E-state index contributed by atoms with van der Waals surface area (Å²) >= 11 is 1.11. The van der Waals surface area contributed by atoms with Crippen LogP contribution in [0.5, 0.6) is 11.5 Å². The van der Waals surface area contributed by atoms with Gasteiger partial charge in [-0.2, -0.15) is 9.41 Å². The van der Waals surface area contributed by atoms with Gasteiger partial charge in [0.05, 0.1) is 16.3 Å². The van der Waals surface area contributed by atoms with Crippen molar-refractivity contribution in [3.8, 4) is 11.5 Å². The fourth-order valence-corrected chi connectivity index (χ4v) is 7.28. The van der Waals surface area contributed by atoms with Gasteiger partial charge in [0.2, 0.25) is 15.9 Å². The van der Waals surface area contributed by atoms with Gasteiger partial charge in [-0.25, -0.2) is 18.2 Å². The highest BCUT2D eigenvalue weighted by Crippen LogP contribution is 2.32. The number of rotatable bonds is 9. The number of carboxylic acid groups (broad SMARTS) is 1. The van der Waals surface area contributed by atoms with Crippen molar-refractivity contribution >= 4 is 44.1 Å². The molecule has 22 heteroatoms. The first-order valence-corrected chi connectivity index (χ1v) is 16.1. The van der Waals surface area contributed by atoms with Gasteiger partial charge in [-0.3, -0.25) is 4.79 Å². The molecule has 1 saturated heterocycles. The van der Waals surface area contributed by atoms with Gasteiger partial charge in [-0.1, -0.05) is 23.5 Å². The number of nitrogens with zero attached hydrogens (tertiary/aromatic N) is 4. The molecule has 1 atom stereocenters. The van der Waals surface area contributed by atoms with Crippen LogP contribution in [-0.2, 0) is 32.7 Å². The molecule has 5 N–H and O–H groups in total. The number of halogens is 6. The first kappa shape index (κ1) is 37.2. The molecule has 0 bridgehead atoms. The highest BCUT2D eigenvalue weighted by molar-refractivity contribution is 7.89. The number of alkyl halides is 6. The second kappa shape index (κ2) is 14.8. The van der Waals surface area contributed by atoms with Crippen LogP contribution >= 0.6 is 11.3 Å². The standard InChI is InChI=1S/C26H22F6N6O7S2.CH5N/c27-25(28,29)44-15-3-1-14(2-4-15)11-33-22(39)18-13-37(24-35-20-19(46-24)12-34-36-21(20)23(40)41)9-10-38(18)47(42,43)17-7-5-16(6-8-17)45-26(30,31)32;1-2/h1-8,18,34H,9-13H2,(H,33,39)(H,40,41);2H2,1H3/t18-;/m1./s1. The highest BCUT2D eigenvalue weighted by atomic mass is 32.2. The summed E-state index contributed by atoms with van der Waals surface area (Å²) in [7, 11) is -2.99. The smallest absolute Gasteiger partial charge is 0.476 e. The molecule has 1 aromatic heterocycles. The monoisotopic (exact) mass is 739 g/mol. The van der Waals surface area contributed by atoms with Crippen molar-refractivity contribution < 1.29 is 58.9 Å². The Kier molecular flexibility index (Phi) is 11.3. The number of nitrogens with two attached hydrogens (primary N) is 1. The van der Waals surface area contributed by atoms with Crippen LogP contribution in [0.25, 0.3) is 0 Å². The molecule has 14 nitrogen and oxygen atoms in total. The number of aliphatic carboxylic acids is 1. The van der Waals surface area contributed by atoms with E-state index in [1.807, 2.05) is 0 Å². The van der Waals surface area contributed by atoms with Crippen molar-refractivity contribution in [1.82, 2.24) is 20.0 Å². The third kappa shape index (κ3) is 9.28. The second-order valence-electron chi connectivity index (χ2n) is 9.88. The summed E-state index contributed by atoms with van der Waals surface area (Å²) in [5.74, 6) is -3.28. The van der Waals surface area contributed by atoms with Crippen LogP contribution < -0.4 is 30.8 Å². The second-order valence-corrected chi connectivity index (χ2v) is 12.8. The molecule has 2 aliphatic heterocycles. The highest BCUT2D eigenvalue weighted by Gasteiger charge is 2.42. The Labute approximate surface area is 278 Å². The average Bonchev–Trinajstić information content (AvgIpc) is 3.48. The minimum Gasteiger partial charge on any atom is -0.476 e. The maximum atomic E-state index is 13.7. The zero-order valence-electron chi connectivity index (χ0n) is 25.1. The van der Waals surface area contributed by atoms with Crippen molar-refractivity contribution in [3.05, 3.63) is 64.7 Å². The van der Waals surface area contributed by atoms with Gasteiger partial charge in [-0.15, -0.1) is 26.3 Å². The first-order chi connectivity index (χ1) is 23.0. The fraction of sp³-hybridized carbons (Fsp3) is 0.333. The molecule has 0 unspecified atom stereocenters.